The second-order valence-electron chi connectivity index (χ2n) is 4.79. The third-order valence-corrected chi connectivity index (χ3v) is 4.98. The van der Waals surface area contributed by atoms with Crippen LogP contribution in [-0.2, 0) is 6.42 Å². The zero-order valence-electron chi connectivity index (χ0n) is 9.46. The summed E-state index contributed by atoms with van der Waals surface area (Å²) in [7, 11) is 0. The Morgan fingerprint density at radius 2 is 2.00 bits per heavy atom. The molecular weight excluding hydrogens is 328 g/mol. The van der Waals surface area contributed by atoms with Crippen molar-refractivity contribution in [3.05, 3.63) is 34.3 Å². The third kappa shape index (κ3) is 3.33. The summed E-state index contributed by atoms with van der Waals surface area (Å²) in [6, 6.07) is 8.74. The van der Waals surface area contributed by atoms with Crippen LogP contribution in [0.15, 0.2) is 28.7 Å². The predicted octanol–water partition coefficient (Wildman–Crippen LogP) is 5.19. The Labute approximate surface area is 115 Å². The lowest BCUT2D eigenvalue weighted by Crippen LogP contribution is -2.16. The fourth-order valence-electron chi connectivity index (χ4n) is 2.74. The van der Waals surface area contributed by atoms with Crippen LogP contribution in [0.2, 0.25) is 0 Å². The topological polar surface area (TPSA) is 0 Å². The van der Waals surface area contributed by atoms with Crippen LogP contribution in [-0.4, -0.2) is 5.33 Å². The van der Waals surface area contributed by atoms with Crippen molar-refractivity contribution in [2.45, 2.75) is 32.1 Å². The van der Waals surface area contributed by atoms with Crippen molar-refractivity contribution in [2.24, 2.45) is 11.8 Å². The molecule has 88 valence electrons. The van der Waals surface area contributed by atoms with Crippen molar-refractivity contribution in [2.75, 3.05) is 5.33 Å². The highest BCUT2D eigenvalue weighted by Gasteiger charge is 2.24. The standard InChI is InChI=1S/C14H18Br2/c15-10-13(12-5-1-2-6-12)8-11-4-3-7-14(16)9-11/h3-4,7,9,12-13H,1-2,5-6,8,10H2. The molecule has 0 aliphatic heterocycles. The molecule has 1 aliphatic rings. The maximum Gasteiger partial charge on any atom is 0.0177 e. The summed E-state index contributed by atoms with van der Waals surface area (Å²) < 4.78 is 1.20. The molecule has 0 radical (unpaired) electrons. The smallest absolute Gasteiger partial charge is 0.0177 e. The molecule has 1 aromatic rings. The molecule has 2 rings (SSSR count). The molecule has 0 bridgehead atoms. The maximum atomic E-state index is 3.69. The number of rotatable bonds is 4. The lowest BCUT2D eigenvalue weighted by molar-refractivity contribution is 0.373. The minimum atomic E-state index is 0.816. The van der Waals surface area contributed by atoms with Crippen LogP contribution in [0.1, 0.15) is 31.2 Å². The van der Waals surface area contributed by atoms with E-state index in [1.807, 2.05) is 0 Å². The number of halogens is 2. The van der Waals surface area contributed by atoms with E-state index in [1.165, 1.54) is 42.1 Å². The van der Waals surface area contributed by atoms with E-state index < -0.39 is 0 Å². The highest BCUT2D eigenvalue weighted by molar-refractivity contribution is 9.10. The van der Waals surface area contributed by atoms with Gasteiger partial charge in [-0.05, 0) is 36.0 Å². The summed E-state index contributed by atoms with van der Waals surface area (Å²) >= 11 is 7.24. The van der Waals surface area contributed by atoms with Crippen LogP contribution < -0.4 is 0 Å². The number of hydrogen-bond acceptors (Lipinski definition) is 0. The van der Waals surface area contributed by atoms with Gasteiger partial charge in [0.05, 0.1) is 0 Å². The average molecular weight is 346 g/mol. The molecule has 16 heavy (non-hydrogen) atoms. The SMILES string of the molecule is BrCC(Cc1cccc(Br)c1)C1CCCC1. The Hall–Kier alpha value is 0.180. The molecule has 0 heterocycles. The van der Waals surface area contributed by atoms with Gasteiger partial charge in [0.15, 0.2) is 0 Å². The minimum absolute atomic E-state index is 0.816. The molecule has 0 amide bonds. The molecular formula is C14H18Br2. The summed E-state index contributed by atoms with van der Waals surface area (Å²) in [6.45, 7) is 0. The van der Waals surface area contributed by atoms with E-state index in [4.69, 9.17) is 0 Å². The van der Waals surface area contributed by atoms with Gasteiger partial charge in [-0.1, -0.05) is 69.7 Å². The molecule has 2 heteroatoms. The highest BCUT2D eigenvalue weighted by atomic mass is 79.9. The molecule has 1 aliphatic carbocycles. The first-order valence-corrected chi connectivity index (χ1v) is 8.01. The summed E-state index contributed by atoms with van der Waals surface area (Å²) in [5.74, 6) is 1.76. The number of hydrogen-bond donors (Lipinski definition) is 0. The summed E-state index contributed by atoms with van der Waals surface area (Å²) in [6.07, 6.45) is 6.96. The van der Waals surface area contributed by atoms with Gasteiger partial charge in [-0.3, -0.25) is 0 Å². The lowest BCUT2D eigenvalue weighted by atomic mass is 9.87. The van der Waals surface area contributed by atoms with Crippen LogP contribution >= 0.6 is 31.9 Å². The fourth-order valence-corrected chi connectivity index (χ4v) is 3.95. The van der Waals surface area contributed by atoms with Gasteiger partial charge in [0.1, 0.15) is 0 Å². The Balaban J connectivity index is 2.00. The van der Waals surface area contributed by atoms with Crippen molar-refractivity contribution in [3.8, 4) is 0 Å². The van der Waals surface area contributed by atoms with E-state index in [9.17, 15) is 0 Å². The van der Waals surface area contributed by atoms with Gasteiger partial charge >= 0.3 is 0 Å². The van der Waals surface area contributed by atoms with E-state index in [0.717, 1.165) is 17.2 Å². The molecule has 1 aromatic carbocycles. The normalized spacial score (nSPS) is 18.9. The molecule has 1 atom stereocenters. The van der Waals surface area contributed by atoms with Gasteiger partial charge in [0.25, 0.3) is 0 Å². The number of benzene rings is 1. The fraction of sp³-hybridized carbons (Fsp3) is 0.571. The summed E-state index contributed by atoms with van der Waals surface area (Å²) in [5, 5.41) is 1.14. The Morgan fingerprint density at radius 1 is 1.25 bits per heavy atom. The summed E-state index contributed by atoms with van der Waals surface area (Å²) in [4.78, 5) is 0. The minimum Gasteiger partial charge on any atom is -0.0925 e. The molecule has 0 saturated heterocycles. The third-order valence-electron chi connectivity index (χ3n) is 3.65. The Kier molecular flexibility index (Phi) is 4.90. The first-order valence-electron chi connectivity index (χ1n) is 6.10. The van der Waals surface area contributed by atoms with Gasteiger partial charge < -0.3 is 0 Å². The monoisotopic (exact) mass is 344 g/mol. The van der Waals surface area contributed by atoms with Gasteiger partial charge in [0, 0.05) is 9.80 Å². The quantitative estimate of drug-likeness (QED) is 0.658. The van der Waals surface area contributed by atoms with Gasteiger partial charge in [-0.2, -0.15) is 0 Å². The van der Waals surface area contributed by atoms with Crippen molar-refractivity contribution in [1.29, 1.82) is 0 Å². The average Bonchev–Trinajstić information content (AvgIpc) is 2.79. The molecule has 0 N–H and O–H groups in total. The van der Waals surface area contributed by atoms with E-state index in [2.05, 4.69) is 56.1 Å². The zero-order valence-corrected chi connectivity index (χ0v) is 12.6. The van der Waals surface area contributed by atoms with E-state index in [-0.39, 0.29) is 0 Å². The molecule has 0 aromatic heterocycles. The maximum absolute atomic E-state index is 3.69. The second kappa shape index (κ2) is 6.20. The van der Waals surface area contributed by atoms with Crippen LogP contribution in [0, 0.1) is 11.8 Å². The number of alkyl halides is 1. The van der Waals surface area contributed by atoms with E-state index >= 15 is 0 Å². The first kappa shape index (κ1) is 12.6. The molecule has 1 fully saturated rings. The van der Waals surface area contributed by atoms with Gasteiger partial charge in [0.2, 0.25) is 0 Å². The Bertz CT molecular complexity index is 329. The van der Waals surface area contributed by atoms with Crippen molar-refractivity contribution in [3.63, 3.8) is 0 Å². The van der Waals surface area contributed by atoms with Crippen LogP contribution in [0.4, 0.5) is 0 Å². The molecule has 0 spiro atoms. The Morgan fingerprint density at radius 3 is 2.62 bits per heavy atom. The summed E-state index contributed by atoms with van der Waals surface area (Å²) in [5.41, 5.74) is 1.46. The second-order valence-corrected chi connectivity index (χ2v) is 6.36. The van der Waals surface area contributed by atoms with E-state index in [1.54, 1.807) is 0 Å². The predicted molar refractivity (Wildman–Crippen MR) is 77.1 cm³/mol. The van der Waals surface area contributed by atoms with Crippen molar-refractivity contribution >= 4 is 31.9 Å². The molecule has 1 unspecified atom stereocenters. The molecule has 0 nitrogen and oxygen atoms in total. The molecule has 1 saturated carbocycles. The van der Waals surface area contributed by atoms with Crippen molar-refractivity contribution < 1.29 is 0 Å². The largest absolute Gasteiger partial charge is 0.0925 e. The van der Waals surface area contributed by atoms with Gasteiger partial charge in [-0.25, -0.2) is 0 Å². The van der Waals surface area contributed by atoms with E-state index in [0.29, 0.717) is 0 Å². The van der Waals surface area contributed by atoms with Crippen LogP contribution in [0.5, 0.6) is 0 Å². The first-order chi connectivity index (χ1) is 7.79. The zero-order chi connectivity index (χ0) is 11.4. The highest BCUT2D eigenvalue weighted by Crippen LogP contribution is 2.34. The van der Waals surface area contributed by atoms with Gasteiger partial charge in [-0.15, -0.1) is 0 Å². The lowest BCUT2D eigenvalue weighted by Gasteiger charge is -2.21. The van der Waals surface area contributed by atoms with Crippen LogP contribution in [0.25, 0.3) is 0 Å². The van der Waals surface area contributed by atoms with Crippen molar-refractivity contribution in [1.82, 2.24) is 0 Å². The van der Waals surface area contributed by atoms with Crippen LogP contribution in [0.3, 0.4) is 0 Å².